The summed E-state index contributed by atoms with van der Waals surface area (Å²) in [5, 5.41) is 3.45. The maximum absolute atomic E-state index is 13.0. The van der Waals surface area contributed by atoms with E-state index in [1.165, 1.54) is 18.4 Å². The van der Waals surface area contributed by atoms with Gasteiger partial charge in [-0.3, -0.25) is 14.2 Å². The Morgan fingerprint density at radius 3 is 2.73 bits per heavy atom. The van der Waals surface area contributed by atoms with Crippen molar-refractivity contribution < 1.29 is 4.79 Å². The van der Waals surface area contributed by atoms with Crippen LogP contribution in [-0.4, -0.2) is 15.5 Å². The van der Waals surface area contributed by atoms with Gasteiger partial charge in [0, 0.05) is 18.7 Å². The molecule has 5 nitrogen and oxygen atoms in total. The zero-order valence-electron chi connectivity index (χ0n) is 16.8. The molecule has 0 unspecified atom stereocenters. The fourth-order valence-electron chi connectivity index (χ4n) is 3.87. The third-order valence-electron chi connectivity index (χ3n) is 5.58. The number of allylic oxidation sites excluding steroid dienone is 2. The fourth-order valence-corrected chi connectivity index (χ4v) is 4.15. The van der Waals surface area contributed by atoms with Gasteiger partial charge in [-0.1, -0.05) is 42.0 Å². The van der Waals surface area contributed by atoms with E-state index in [9.17, 15) is 9.59 Å². The lowest BCUT2D eigenvalue weighted by Gasteiger charge is -2.14. The van der Waals surface area contributed by atoms with Gasteiger partial charge in [-0.2, -0.15) is 0 Å². The van der Waals surface area contributed by atoms with Crippen LogP contribution < -0.4 is 10.9 Å². The summed E-state index contributed by atoms with van der Waals surface area (Å²) < 4.78 is 2.02. The molecule has 4 rings (SSSR count). The molecule has 0 spiro atoms. The number of nitrogens with one attached hydrogen (secondary N) is 2. The zero-order valence-corrected chi connectivity index (χ0v) is 17.6. The number of benzene rings is 2. The number of aromatic nitrogens is 2. The van der Waals surface area contributed by atoms with Crippen LogP contribution in [0.5, 0.6) is 0 Å². The minimum Gasteiger partial charge on any atom is -0.348 e. The SMILES string of the molecule is O=C(NCc1ccccc1)c1ccc2c(=O)n(CCC3=CCCCC3)c(=S)[nH]c2c1. The number of aromatic amines is 1. The first kappa shape index (κ1) is 20.3. The molecule has 1 heterocycles. The zero-order chi connectivity index (χ0) is 20.9. The van der Waals surface area contributed by atoms with Gasteiger partial charge in [-0.25, -0.2) is 0 Å². The van der Waals surface area contributed by atoms with Crippen LogP contribution in [0.25, 0.3) is 10.9 Å². The van der Waals surface area contributed by atoms with Gasteiger partial charge in [-0.05, 0) is 68.1 Å². The lowest BCUT2D eigenvalue weighted by molar-refractivity contribution is 0.0951. The first-order valence-corrected chi connectivity index (χ1v) is 10.8. The van der Waals surface area contributed by atoms with Crippen LogP contribution in [0.3, 0.4) is 0 Å². The number of H-pyrrole nitrogens is 1. The fraction of sp³-hybridized carbons (Fsp3) is 0.292. The number of nitrogens with zero attached hydrogens (tertiary/aromatic N) is 1. The molecule has 1 aliphatic rings. The standard InChI is InChI=1S/C24H25N3O2S/c28-22(25-16-18-9-5-2-6-10-18)19-11-12-20-21(15-19)26-24(30)27(23(20)29)14-13-17-7-3-1-4-8-17/h2,5-7,9-12,15H,1,3-4,8,13-14,16H2,(H,25,28)(H,26,30). The Hall–Kier alpha value is -2.99. The second kappa shape index (κ2) is 9.22. The highest BCUT2D eigenvalue weighted by atomic mass is 32.1. The van der Waals surface area contributed by atoms with E-state index in [4.69, 9.17) is 12.2 Å². The van der Waals surface area contributed by atoms with Crippen LogP contribution in [0.1, 0.15) is 48.0 Å². The molecule has 1 aliphatic carbocycles. The van der Waals surface area contributed by atoms with Crippen LogP contribution in [-0.2, 0) is 13.1 Å². The average Bonchev–Trinajstić information content (AvgIpc) is 2.78. The second-order valence-corrected chi connectivity index (χ2v) is 8.06. The predicted molar refractivity (Wildman–Crippen MR) is 122 cm³/mol. The summed E-state index contributed by atoms with van der Waals surface area (Å²) >= 11 is 5.45. The van der Waals surface area contributed by atoms with Crippen molar-refractivity contribution in [3.05, 3.63) is 86.4 Å². The van der Waals surface area contributed by atoms with Crippen LogP contribution >= 0.6 is 12.2 Å². The molecule has 6 heteroatoms. The molecule has 0 atom stereocenters. The summed E-state index contributed by atoms with van der Waals surface area (Å²) in [5.41, 5.74) is 3.41. The Labute approximate surface area is 180 Å². The van der Waals surface area contributed by atoms with Crippen LogP contribution in [0.2, 0.25) is 0 Å². The molecule has 0 radical (unpaired) electrons. The van der Waals surface area contributed by atoms with Crippen molar-refractivity contribution in [2.75, 3.05) is 0 Å². The summed E-state index contributed by atoms with van der Waals surface area (Å²) in [4.78, 5) is 28.6. The lowest BCUT2D eigenvalue weighted by atomic mass is 9.97. The highest BCUT2D eigenvalue weighted by Gasteiger charge is 2.11. The summed E-state index contributed by atoms with van der Waals surface area (Å²) in [6, 6.07) is 14.8. The predicted octanol–water partition coefficient (Wildman–Crippen LogP) is 4.88. The normalized spacial score (nSPS) is 13.8. The maximum atomic E-state index is 13.0. The van der Waals surface area contributed by atoms with Crippen molar-refractivity contribution in [2.24, 2.45) is 0 Å². The van der Waals surface area contributed by atoms with E-state index < -0.39 is 0 Å². The van der Waals surface area contributed by atoms with Crippen LogP contribution in [0.4, 0.5) is 0 Å². The molecule has 30 heavy (non-hydrogen) atoms. The molecule has 2 aromatic carbocycles. The molecular formula is C24H25N3O2S. The molecular weight excluding hydrogens is 394 g/mol. The van der Waals surface area contributed by atoms with Crippen molar-refractivity contribution in [2.45, 2.75) is 45.2 Å². The summed E-state index contributed by atoms with van der Waals surface area (Å²) in [6.45, 7) is 1.03. The first-order chi connectivity index (χ1) is 14.6. The molecule has 0 saturated carbocycles. The van der Waals surface area contributed by atoms with Gasteiger partial charge in [0.2, 0.25) is 0 Å². The van der Waals surface area contributed by atoms with E-state index in [-0.39, 0.29) is 11.5 Å². The smallest absolute Gasteiger partial charge is 0.262 e. The van der Waals surface area contributed by atoms with Crippen molar-refractivity contribution in [3.8, 4) is 0 Å². The topological polar surface area (TPSA) is 66.9 Å². The third-order valence-corrected chi connectivity index (χ3v) is 5.90. The highest BCUT2D eigenvalue weighted by molar-refractivity contribution is 7.71. The van der Waals surface area contributed by atoms with Gasteiger partial charge >= 0.3 is 0 Å². The molecule has 1 amide bonds. The monoisotopic (exact) mass is 419 g/mol. The van der Waals surface area contributed by atoms with E-state index in [2.05, 4.69) is 16.4 Å². The first-order valence-electron chi connectivity index (χ1n) is 10.4. The maximum Gasteiger partial charge on any atom is 0.262 e. The molecule has 0 fully saturated rings. The van der Waals surface area contributed by atoms with E-state index in [0.717, 1.165) is 24.8 Å². The van der Waals surface area contributed by atoms with Crippen LogP contribution in [0.15, 0.2) is 65.0 Å². The van der Waals surface area contributed by atoms with Gasteiger partial charge < -0.3 is 10.3 Å². The minimum absolute atomic E-state index is 0.110. The second-order valence-electron chi connectivity index (χ2n) is 7.67. The summed E-state index contributed by atoms with van der Waals surface area (Å²) in [6.07, 6.45) is 7.86. The molecule has 3 aromatic rings. The summed E-state index contributed by atoms with van der Waals surface area (Å²) in [7, 11) is 0. The largest absolute Gasteiger partial charge is 0.348 e. The van der Waals surface area contributed by atoms with Gasteiger partial charge in [0.05, 0.1) is 10.9 Å². The number of hydrogen-bond donors (Lipinski definition) is 2. The Kier molecular flexibility index (Phi) is 6.23. The molecule has 2 N–H and O–H groups in total. The number of carbonyl (C=O) groups excluding carboxylic acids is 1. The Bertz CT molecular complexity index is 1210. The number of amides is 1. The molecule has 154 valence electrons. The highest BCUT2D eigenvalue weighted by Crippen LogP contribution is 2.20. The molecule has 0 saturated heterocycles. The van der Waals surface area contributed by atoms with E-state index in [0.29, 0.717) is 34.3 Å². The minimum atomic E-state index is -0.187. The number of carbonyl (C=O) groups is 1. The van der Waals surface area contributed by atoms with E-state index in [1.54, 1.807) is 22.8 Å². The van der Waals surface area contributed by atoms with Crippen molar-refractivity contribution >= 4 is 29.0 Å². The third kappa shape index (κ3) is 4.60. The van der Waals surface area contributed by atoms with Gasteiger partial charge in [-0.15, -0.1) is 0 Å². The summed E-state index contributed by atoms with van der Waals surface area (Å²) in [5.74, 6) is -0.187. The number of hydrogen-bond acceptors (Lipinski definition) is 3. The quantitative estimate of drug-likeness (QED) is 0.442. The van der Waals surface area contributed by atoms with E-state index >= 15 is 0 Å². The van der Waals surface area contributed by atoms with Gasteiger partial charge in [0.15, 0.2) is 4.77 Å². The average molecular weight is 420 g/mol. The van der Waals surface area contributed by atoms with Gasteiger partial charge in [0.1, 0.15) is 0 Å². The Balaban J connectivity index is 1.53. The number of rotatable bonds is 6. The van der Waals surface area contributed by atoms with E-state index in [1.807, 2.05) is 30.3 Å². The molecule has 0 aliphatic heterocycles. The van der Waals surface area contributed by atoms with Crippen molar-refractivity contribution in [1.29, 1.82) is 0 Å². The molecule has 0 bridgehead atoms. The lowest BCUT2D eigenvalue weighted by Crippen LogP contribution is -2.24. The Morgan fingerprint density at radius 2 is 1.97 bits per heavy atom. The molecule has 1 aromatic heterocycles. The number of fused-ring (bicyclic) bond motifs is 1. The van der Waals surface area contributed by atoms with Gasteiger partial charge in [0.25, 0.3) is 11.5 Å². The Morgan fingerprint density at radius 1 is 1.13 bits per heavy atom. The van der Waals surface area contributed by atoms with Crippen LogP contribution in [0, 0.1) is 4.77 Å². The van der Waals surface area contributed by atoms with Crippen molar-refractivity contribution in [3.63, 3.8) is 0 Å². The van der Waals surface area contributed by atoms with Crippen molar-refractivity contribution in [1.82, 2.24) is 14.9 Å².